The van der Waals surface area contributed by atoms with Gasteiger partial charge in [0.15, 0.2) is 5.82 Å². The summed E-state index contributed by atoms with van der Waals surface area (Å²) in [6.07, 6.45) is 1.17. The number of benzene rings is 1. The van der Waals surface area contributed by atoms with Gasteiger partial charge in [0, 0.05) is 44.8 Å². The van der Waals surface area contributed by atoms with Crippen molar-refractivity contribution in [2.45, 2.75) is 12.5 Å². The molecule has 21 heavy (non-hydrogen) atoms. The molecule has 1 aromatic carbocycles. The van der Waals surface area contributed by atoms with Crippen LogP contribution in [0, 0.1) is 15.9 Å². The van der Waals surface area contributed by atoms with Gasteiger partial charge >= 0.3 is 0 Å². The Morgan fingerprint density at radius 2 is 2.05 bits per heavy atom. The molecule has 2 fully saturated rings. The van der Waals surface area contributed by atoms with E-state index in [1.165, 1.54) is 18.6 Å². The predicted molar refractivity (Wildman–Crippen MR) is 78.1 cm³/mol. The highest BCUT2D eigenvalue weighted by Gasteiger charge is 2.27. The summed E-state index contributed by atoms with van der Waals surface area (Å²) in [7, 11) is 0. The van der Waals surface area contributed by atoms with Crippen LogP contribution in [0.3, 0.4) is 0 Å². The third-order valence-electron chi connectivity index (χ3n) is 4.35. The van der Waals surface area contributed by atoms with Crippen molar-refractivity contribution in [2.24, 2.45) is 0 Å². The lowest BCUT2D eigenvalue weighted by Crippen LogP contribution is -2.51. The van der Waals surface area contributed by atoms with E-state index in [1.54, 1.807) is 0 Å². The Morgan fingerprint density at radius 3 is 2.62 bits per heavy atom. The number of nitro benzene ring substituents is 1. The number of piperazine rings is 1. The molecule has 114 valence electrons. The van der Waals surface area contributed by atoms with Gasteiger partial charge in [0.1, 0.15) is 0 Å². The van der Waals surface area contributed by atoms with E-state index in [0.717, 1.165) is 45.3 Å². The van der Waals surface area contributed by atoms with Gasteiger partial charge in [-0.3, -0.25) is 15.0 Å². The van der Waals surface area contributed by atoms with Gasteiger partial charge in [0.2, 0.25) is 0 Å². The minimum atomic E-state index is -0.572. The van der Waals surface area contributed by atoms with Crippen molar-refractivity contribution in [2.75, 3.05) is 44.2 Å². The maximum absolute atomic E-state index is 14.0. The molecule has 3 rings (SSSR count). The molecular formula is C14H19FN4O2. The smallest absolute Gasteiger partial charge is 0.272 e. The van der Waals surface area contributed by atoms with Crippen molar-refractivity contribution in [3.8, 4) is 0 Å². The number of nitro groups is 1. The van der Waals surface area contributed by atoms with Crippen LogP contribution in [0.5, 0.6) is 0 Å². The standard InChI is InChI=1S/C14H19FN4O2/c15-13-9-11(19(20)21)1-2-14(13)18-7-5-17(6-8-18)12-3-4-16-10-12/h1-2,9,12,16H,3-8,10H2/t12-/m1/s1. The lowest BCUT2D eigenvalue weighted by Gasteiger charge is -2.38. The Labute approximate surface area is 122 Å². The molecule has 1 aromatic rings. The predicted octanol–water partition coefficient (Wildman–Crippen LogP) is 1.22. The molecule has 0 radical (unpaired) electrons. The van der Waals surface area contributed by atoms with E-state index in [0.29, 0.717) is 11.7 Å². The first kappa shape index (κ1) is 14.2. The minimum Gasteiger partial charge on any atom is -0.367 e. The normalized spacial score (nSPS) is 23.5. The number of hydrogen-bond acceptors (Lipinski definition) is 5. The third kappa shape index (κ3) is 2.98. The SMILES string of the molecule is O=[N+]([O-])c1ccc(N2CCN([C@@H]3CCNC3)CC2)c(F)c1. The van der Waals surface area contributed by atoms with Gasteiger partial charge in [-0.1, -0.05) is 0 Å². The van der Waals surface area contributed by atoms with Gasteiger partial charge in [-0.25, -0.2) is 4.39 Å². The summed E-state index contributed by atoms with van der Waals surface area (Å²) in [5.41, 5.74) is 0.261. The molecule has 2 saturated heterocycles. The van der Waals surface area contributed by atoms with E-state index in [-0.39, 0.29) is 5.69 Å². The average Bonchev–Trinajstić information content (AvgIpc) is 3.01. The molecule has 0 amide bonds. The number of anilines is 1. The van der Waals surface area contributed by atoms with Crippen molar-refractivity contribution in [3.63, 3.8) is 0 Å². The van der Waals surface area contributed by atoms with Gasteiger partial charge in [-0.2, -0.15) is 0 Å². The molecule has 0 bridgehead atoms. The minimum absolute atomic E-state index is 0.202. The monoisotopic (exact) mass is 294 g/mol. The topological polar surface area (TPSA) is 61.7 Å². The first-order valence-electron chi connectivity index (χ1n) is 7.29. The average molecular weight is 294 g/mol. The maximum atomic E-state index is 14.0. The summed E-state index contributed by atoms with van der Waals surface area (Å²) in [5.74, 6) is -0.514. The van der Waals surface area contributed by atoms with Gasteiger partial charge in [-0.15, -0.1) is 0 Å². The molecule has 1 N–H and O–H groups in total. The summed E-state index contributed by atoms with van der Waals surface area (Å²) in [6.45, 7) is 5.43. The number of nitrogens with zero attached hydrogens (tertiary/aromatic N) is 3. The molecule has 0 aromatic heterocycles. The third-order valence-corrected chi connectivity index (χ3v) is 4.35. The Balaban J connectivity index is 1.65. The molecule has 6 nitrogen and oxygen atoms in total. The van der Waals surface area contributed by atoms with E-state index in [1.807, 2.05) is 4.90 Å². The molecule has 0 spiro atoms. The van der Waals surface area contributed by atoms with Crippen molar-refractivity contribution in [1.82, 2.24) is 10.2 Å². The fourth-order valence-electron chi connectivity index (χ4n) is 3.14. The zero-order valence-corrected chi connectivity index (χ0v) is 11.8. The van der Waals surface area contributed by atoms with Crippen LogP contribution in [0.2, 0.25) is 0 Å². The number of rotatable bonds is 3. The second kappa shape index (κ2) is 5.95. The highest BCUT2D eigenvalue weighted by Crippen LogP contribution is 2.25. The van der Waals surface area contributed by atoms with Crippen LogP contribution in [0.4, 0.5) is 15.8 Å². The van der Waals surface area contributed by atoms with Crippen molar-refractivity contribution >= 4 is 11.4 Å². The Bertz CT molecular complexity index is 526. The van der Waals surface area contributed by atoms with Crippen LogP contribution in [0.15, 0.2) is 18.2 Å². The quantitative estimate of drug-likeness (QED) is 0.671. The number of hydrogen-bond donors (Lipinski definition) is 1. The van der Waals surface area contributed by atoms with Crippen LogP contribution in [-0.2, 0) is 0 Å². The summed E-state index contributed by atoms with van der Waals surface area (Å²) in [6, 6.07) is 4.47. The molecule has 7 heteroatoms. The maximum Gasteiger partial charge on any atom is 0.272 e. The second-order valence-corrected chi connectivity index (χ2v) is 5.56. The number of non-ortho nitro benzene ring substituents is 1. The first-order chi connectivity index (χ1) is 10.1. The zero-order chi connectivity index (χ0) is 14.8. The Hall–Kier alpha value is -1.73. The van der Waals surface area contributed by atoms with E-state index < -0.39 is 10.7 Å². The first-order valence-corrected chi connectivity index (χ1v) is 7.29. The van der Waals surface area contributed by atoms with Crippen LogP contribution in [0.25, 0.3) is 0 Å². The summed E-state index contributed by atoms with van der Waals surface area (Å²) in [5, 5.41) is 14.0. The lowest BCUT2D eigenvalue weighted by molar-refractivity contribution is -0.385. The van der Waals surface area contributed by atoms with Crippen LogP contribution < -0.4 is 10.2 Å². The summed E-state index contributed by atoms with van der Waals surface area (Å²) < 4.78 is 14.0. The summed E-state index contributed by atoms with van der Waals surface area (Å²) >= 11 is 0. The van der Waals surface area contributed by atoms with Gasteiger partial charge in [-0.05, 0) is 19.0 Å². The van der Waals surface area contributed by atoms with Crippen LogP contribution in [0.1, 0.15) is 6.42 Å². The van der Waals surface area contributed by atoms with Crippen molar-refractivity contribution in [1.29, 1.82) is 0 Å². The number of nitrogens with one attached hydrogen (secondary N) is 1. The highest BCUT2D eigenvalue weighted by molar-refractivity contribution is 5.52. The van der Waals surface area contributed by atoms with Crippen molar-refractivity contribution in [3.05, 3.63) is 34.1 Å². The molecule has 2 aliphatic rings. The highest BCUT2D eigenvalue weighted by atomic mass is 19.1. The van der Waals surface area contributed by atoms with Crippen LogP contribution >= 0.6 is 0 Å². The molecule has 1 atom stereocenters. The van der Waals surface area contributed by atoms with E-state index in [2.05, 4.69) is 10.2 Å². The largest absolute Gasteiger partial charge is 0.367 e. The van der Waals surface area contributed by atoms with Crippen LogP contribution in [-0.4, -0.2) is 55.1 Å². The molecule has 0 unspecified atom stereocenters. The lowest BCUT2D eigenvalue weighted by atomic mass is 10.1. The fraction of sp³-hybridized carbons (Fsp3) is 0.571. The molecule has 2 aliphatic heterocycles. The summed E-state index contributed by atoms with van der Waals surface area (Å²) in [4.78, 5) is 14.5. The molecular weight excluding hydrogens is 275 g/mol. The fourth-order valence-corrected chi connectivity index (χ4v) is 3.14. The van der Waals surface area contributed by atoms with E-state index in [4.69, 9.17) is 0 Å². The van der Waals surface area contributed by atoms with Gasteiger partial charge in [0.05, 0.1) is 16.7 Å². The second-order valence-electron chi connectivity index (χ2n) is 5.56. The van der Waals surface area contributed by atoms with E-state index >= 15 is 0 Å². The van der Waals surface area contributed by atoms with E-state index in [9.17, 15) is 14.5 Å². The van der Waals surface area contributed by atoms with Gasteiger partial charge in [0.25, 0.3) is 5.69 Å². The molecule has 0 saturated carbocycles. The number of halogens is 1. The Morgan fingerprint density at radius 1 is 1.29 bits per heavy atom. The molecule has 0 aliphatic carbocycles. The zero-order valence-electron chi connectivity index (χ0n) is 11.8. The van der Waals surface area contributed by atoms with Crippen molar-refractivity contribution < 1.29 is 9.31 Å². The Kier molecular flexibility index (Phi) is 4.03. The van der Waals surface area contributed by atoms with Gasteiger partial charge < -0.3 is 10.2 Å². The molecule has 2 heterocycles.